The summed E-state index contributed by atoms with van der Waals surface area (Å²) in [6.45, 7) is 10.3. The molecular weight excluding hydrogens is 136 g/mol. The van der Waals surface area contributed by atoms with Gasteiger partial charge in [0.1, 0.15) is 0 Å². The lowest BCUT2D eigenvalue weighted by atomic mass is 10.7. The fourth-order valence-corrected chi connectivity index (χ4v) is 1.06. The Hall–Kier alpha value is 0.247. The average Bonchev–Trinajstić information content (AvgIpc) is 1.62. The molecule has 0 nitrogen and oxygen atoms in total. The Labute approximate surface area is 57.6 Å². The minimum atomic E-state index is -1.11. The molecule has 0 saturated heterocycles. The van der Waals surface area contributed by atoms with Crippen molar-refractivity contribution in [2.45, 2.75) is 24.6 Å². The highest BCUT2D eigenvalue weighted by molar-refractivity contribution is 6.84. The summed E-state index contributed by atoms with van der Waals surface area (Å²) in [4.78, 5) is 0. The van der Waals surface area contributed by atoms with E-state index in [1.165, 1.54) is 0 Å². The van der Waals surface area contributed by atoms with Gasteiger partial charge in [-0.3, -0.25) is 0 Å². The van der Waals surface area contributed by atoms with Crippen molar-refractivity contribution >= 4 is 19.7 Å². The van der Waals surface area contributed by atoms with E-state index in [2.05, 4.69) is 26.2 Å². The summed E-state index contributed by atoms with van der Waals surface area (Å²) in [6.07, 6.45) is 1.83. The summed E-state index contributed by atoms with van der Waals surface area (Å²) < 4.78 is 0. The highest BCUT2D eigenvalue weighted by atomic mass is 35.5. The maximum absolute atomic E-state index is 5.89. The Balaban J connectivity index is 3.80. The van der Waals surface area contributed by atoms with E-state index in [0.29, 0.717) is 0 Å². The van der Waals surface area contributed by atoms with Gasteiger partial charge in [-0.2, -0.15) is 0 Å². The van der Waals surface area contributed by atoms with Crippen molar-refractivity contribution in [2.24, 2.45) is 0 Å². The summed E-state index contributed by atoms with van der Waals surface area (Å²) in [7, 11) is -1.11. The second kappa shape index (κ2) is 2.69. The quantitative estimate of drug-likeness (QED) is 0.321. The number of allylic oxidation sites excluding steroid dienone is 1. The van der Waals surface area contributed by atoms with Gasteiger partial charge in [0.2, 0.25) is 0 Å². The molecule has 1 atom stereocenters. The number of rotatable bonds is 2. The molecule has 0 radical (unpaired) electrons. The Bertz CT molecular complexity index is 83.0. The van der Waals surface area contributed by atoms with Crippen LogP contribution in [0.15, 0.2) is 12.7 Å². The van der Waals surface area contributed by atoms with Gasteiger partial charge in [0.05, 0.1) is 8.07 Å². The molecule has 0 heterocycles. The first-order chi connectivity index (χ1) is 3.48. The molecule has 2 heteroatoms. The fourth-order valence-electron chi connectivity index (χ4n) is 0.354. The molecule has 0 aliphatic carbocycles. The first-order valence-corrected chi connectivity index (χ1v) is 6.76. The Morgan fingerprint density at radius 1 is 1.50 bits per heavy atom. The highest BCUT2D eigenvalue weighted by Gasteiger charge is 2.20. The largest absolute Gasteiger partial charge is 0.122 e. The second-order valence-electron chi connectivity index (χ2n) is 3.00. The minimum Gasteiger partial charge on any atom is -0.122 e. The van der Waals surface area contributed by atoms with Crippen molar-refractivity contribution in [1.29, 1.82) is 0 Å². The molecule has 1 unspecified atom stereocenters. The van der Waals surface area contributed by atoms with Crippen molar-refractivity contribution < 1.29 is 0 Å². The summed E-state index contributed by atoms with van der Waals surface area (Å²) in [5, 5.41) is 0.225. The molecule has 0 saturated carbocycles. The molecule has 0 aromatic rings. The fraction of sp³-hybridized carbons (Fsp3) is 0.667. The maximum atomic E-state index is 5.89. The van der Waals surface area contributed by atoms with Crippen LogP contribution in [-0.2, 0) is 0 Å². The zero-order valence-electron chi connectivity index (χ0n) is 5.74. The lowest BCUT2D eigenvalue weighted by Crippen LogP contribution is -2.31. The lowest BCUT2D eigenvalue weighted by Gasteiger charge is -2.18. The van der Waals surface area contributed by atoms with Crippen molar-refractivity contribution in [3.05, 3.63) is 12.7 Å². The number of hydrogen-bond donors (Lipinski definition) is 0. The van der Waals surface area contributed by atoms with E-state index in [-0.39, 0.29) is 5.00 Å². The molecule has 0 N–H and O–H groups in total. The maximum Gasteiger partial charge on any atom is 0.0696 e. The molecule has 0 aliphatic rings. The predicted octanol–water partition coefficient (Wildman–Crippen LogP) is 2.66. The molecule has 0 amide bonds. The minimum absolute atomic E-state index is 0.225. The van der Waals surface area contributed by atoms with Crippen LogP contribution in [0.3, 0.4) is 0 Å². The number of alkyl halides is 1. The van der Waals surface area contributed by atoms with Crippen LogP contribution in [-0.4, -0.2) is 13.1 Å². The Kier molecular flexibility index (Phi) is 2.78. The summed E-state index contributed by atoms with van der Waals surface area (Å²) in [5.74, 6) is 0. The van der Waals surface area contributed by atoms with Gasteiger partial charge in [0.25, 0.3) is 0 Å². The number of hydrogen-bond acceptors (Lipinski definition) is 0. The normalized spacial score (nSPS) is 15.5. The van der Waals surface area contributed by atoms with Crippen molar-refractivity contribution in [3.8, 4) is 0 Å². The molecule has 0 rings (SSSR count). The predicted molar refractivity (Wildman–Crippen MR) is 43.2 cm³/mol. The summed E-state index contributed by atoms with van der Waals surface area (Å²) in [5.41, 5.74) is 0. The molecule has 0 bridgehead atoms. The van der Waals surface area contributed by atoms with Gasteiger partial charge in [0, 0.05) is 5.00 Å². The van der Waals surface area contributed by atoms with E-state index in [9.17, 15) is 0 Å². The van der Waals surface area contributed by atoms with Crippen LogP contribution >= 0.6 is 11.6 Å². The first kappa shape index (κ1) is 8.25. The monoisotopic (exact) mass is 148 g/mol. The Morgan fingerprint density at radius 2 is 1.88 bits per heavy atom. The van der Waals surface area contributed by atoms with Gasteiger partial charge in [-0.1, -0.05) is 25.7 Å². The van der Waals surface area contributed by atoms with E-state index in [4.69, 9.17) is 11.6 Å². The molecule has 48 valence electrons. The third kappa shape index (κ3) is 2.53. The van der Waals surface area contributed by atoms with Gasteiger partial charge in [0.15, 0.2) is 0 Å². The molecule has 0 spiro atoms. The van der Waals surface area contributed by atoms with E-state index in [1.54, 1.807) is 0 Å². The van der Waals surface area contributed by atoms with Crippen LogP contribution in [0.1, 0.15) is 0 Å². The van der Waals surface area contributed by atoms with Crippen LogP contribution in [0.25, 0.3) is 0 Å². The number of halogens is 1. The molecule has 0 fully saturated rings. The third-order valence-electron chi connectivity index (χ3n) is 1.03. The average molecular weight is 149 g/mol. The van der Waals surface area contributed by atoms with Gasteiger partial charge in [-0.25, -0.2) is 0 Å². The van der Waals surface area contributed by atoms with Crippen molar-refractivity contribution in [3.63, 3.8) is 0 Å². The Morgan fingerprint density at radius 3 is 1.88 bits per heavy atom. The highest BCUT2D eigenvalue weighted by Crippen LogP contribution is 2.13. The SMILES string of the molecule is C=CC(Cl)[Si](C)(C)C. The third-order valence-corrected chi connectivity index (χ3v) is 5.07. The zero-order valence-corrected chi connectivity index (χ0v) is 7.50. The van der Waals surface area contributed by atoms with E-state index >= 15 is 0 Å². The zero-order chi connectivity index (χ0) is 6.78. The van der Waals surface area contributed by atoms with E-state index < -0.39 is 8.07 Å². The topological polar surface area (TPSA) is 0 Å². The van der Waals surface area contributed by atoms with Gasteiger partial charge in [-0.05, 0) is 0 Å². The summed E-state index contributed by atoms with van der Waals surface area (Å²) >= 11 is 5.89. The first-order valence-electron chi connectivity index (χ1n) is 2.75. The second-order valence-corrected chi connectivity index (χ2v) is 9.19. The van der Waals surface area contributed by atoms with Gasteiger partial charge < -0.3 is 0 Å². The van der Waals surface area contributed by atoms with Gasteiger partial charge in [-0.15, -0.1) is 18.2 Å². The molecule has 0 aromatic heterocycles. The smallest absolute Gasteiger partial charge is 0.0696 e. The van der Waals surface area contributed by atoms with Crippen LogP contribution < -0.4 is 0 Å². The molecule has 0 aromatic carbocycles. The van der Waals surface area contributed by atoms with E-state index in [0.717, 1.165) is 0 Å². The van der Waals surface area contributed by atoms with Crippen LogP contribution in [0.5, 0.6) is 0 Å². The summed E-state index contributed by atoms with van der Waals surface area (Å²) in [6, 6.07) is 0. The van der Waals surface area contributed by atoms with Crippen LogP contribution in [0.2, 0.25) is 19.6 Å². The molecule has 8 heavy (non-hydrogen) atoms. The van der Waals surface area contributed by atoms with Crippen molar-refractivity contribution in [1.82, 2.24) is 0 Å². The van der Waals surface area contributed by atoms with Crippen LogP contribution in [0, 0.1) is 0 Å². The van der Waals surface area contributed by atoms with Gasteiger partial charge >= 0.3 is 0 Å². The lowest BCUT2D eigenvalue weighted by molar-refractivity contribution is 1.44. The van der Waals surface area contributed by atoms with Crippen LogP contribution in [0.4, 0.5) is 0 Å². The van der Waals surface area contributed by atoms with E-state index in [1.807, 2.05) is 6.08 Å². The standard InChI is InChI=1S/C6H13ClSi/c1-5-6(7)8(2,3)4/h5-6H,1H2,2-4H3. The molecule has 0 aliphatic heterocycles. The molecular formula is C6H13ClSi. The van der Waals surface area contributed by atoms with Crippen molar-refractivity contribution in [2.75, 3.05) is 0 Å².